The molecule has 1 atom stereocenters. The fourth-order valence-corrected chi connectivity index (χ4v) is 5.24. The first-order valence-corrected chi connectivity index (χ1v) is 11.8. The molecule has 3 aromatic rings. The van der Waals surface area contributed by atoms with Gasteiger partial charge in [0, 0.05) is 10.8 Å². The lowest BCUT2D eigenvalue weighted by Crippen LogP contribution is -2.31. The fraction of sp³-hybridized carbons (Fsp3) is 0.345. The fourth-order valence-electron chi connectivity index (χ4n) is 3.86. The number of thioether (sulfide) groups is 1. The summed E-state index contributed by atoms with van der Waals surface area (Å²) in [5.74, 6) is -0.0232. The molecule has 1 nitrogen and oxygen atoms in total. The smallest absolute Gasteiger partial charge is 0.197 e. The Bertz CT molecular complexity index is 950. The molecule has 0 amide bonds. The van der Waals surface area contributed by atoms with Gasteiger partial charge in [-0.2, -0.15) is 0 Å². The normalized spacial score (nSPS) is 13.1. The second kappa shape index (κ2) is 9.44. The minimum Gasteiger partial charge on any atom is -0.287 e. The van der Waals surface area contributed by atoms with Crippen LogP contribution in [0.2, 0.25) is 0 Å². The van der Waals surface area contributed by atoms with E-state index in [0.717, 1.165) is 33.6 Å². The molecule has 1 unspecified atom stereocenters. The molecular formula is C29H34OS. The van der Waals surface area contributed by atoms with E-state index in [-0.39, 0.29) is 21.9 Å². The van der Waals surface area contributed by atoms with Crippen LogP contribution in [-0.4, -0.2) is 5.12 Å². The van der Waals surface area contributed by atoms with Crippen LogP contribution in [0.4, 0.5) is 0 Å². The molecule has 0 heterocycles. The molecule has 0 aliphatic carbocycles. The van der Waals surface area contributed by atoms with Crippen molar-refractivity contribution in [2.24, 2.45) is 16.7 Å². The third-order valence-electron chi connectivity index (χ3n) is 5.53. The number of carbonyl (C=O) groups is 1. The van der Waals surface area contributed by atoms with E-state index in [4.69, 9.17) is 0 Å². The molecule has 0 saturated heterocycles. The standard InChI is InChI=1S/C29H34OS/c1-28(2,3)20-25(29(4,5)6)27(30)31-26-23(21-14-9-7-10-15-21)18-13-19-24(26)22-16-11-8-12-17-22/h7-19,25H,20H2,1-6H3. The summed E-state index contributed by atoms with van der Waals surface area (Å²) in [7, 11) is 0. The van der Waals surface area contributed by atoms with Crippen molar-refractivity contribution in [1.29, 1.82) is 0 Å². The van der Waals surface area contributed by atoms with Gasteiger partial charge in [-0.1, -0.05) is 132 Å². The summed E-state index contributed by atoms with van der Waals surface area (Å²) < 4.78 is 0. The Balaban J connectivity index is 2.11. The van der Waals surface area contributed by atoms with Crippen LogP contribution in [0.25, 0.3) is 22.3 Å². The molecule has 162 valence electrons. The summed E-state index contributed by atoms with van der Waals surface area (Å²) in [5, 5.41) is 0.253. The van der Waals surface area contributed by atoms with Gasteiger partial charge in [-0.25, -0.2) is 0 Å². The Morgan fingerprint density at radius 3 is 1.55 bits per heavy atom. The van der Waals surface area contributed by atoms with E-state index in [2.05, 4.69) is 108 Å². The van der Waals surface area contributed by atoms with Gasteiger partial charge in [-0.3, -0.25) is 4.79 Å². The predicted octanol–water partition coefficient (Wildman–Crippen LogP) is 8.74. The lowest BCUT2D eigenvalue weighted by Gasteiger charge is -2.34. The SMILES string of the molecule is CC(C)(C)CC(C(=O)Sc1c(-c2ccccc2)cccc1-c1ccccc1)C(C)(C)C. The van der Waals surface area contributed by atoms with Crippen molar-refractivity contribution < 1.29 is 4.79 Å². The quantitative estimate of drug-likeness (QED) is 0.376. The predicted molar refractivity (Wildman–Crippen MR) is 135 cm³/mol. The topological polar surface area (TPSA) is 17.1 Å². The van der Waals surface area contributed by atoms with Crippen LogP contribution in [0.1, 0.15) is 48.0 Å². The van der Waals surface area contributed by atoms with Crippen molar-refractivity contribution in [3.63, 3.8) is 0 Å². The average molecular weight is 431 g/mol. The Morgan fingerprint density at radius 1 is 0.710 bits per heavy atom. The van der Waals surface area contributed by atoms with Crippen LogP contribution < -0.4 is 0 Å². The Morgan fingerprint density at radius 2 is 1.16 bits per heavy atom. The van der Waals surface area contributed by atoms with Crippen molar-refractivity contribution in [1.82, 2.24) is 0 Å². The molecular weight excluding hydrogens is 396 g/mol. The van der Waals surface area contributed by atoms with Gasteiger partial charge in [0.1, 0.15) is 0 Å². The summed E-state index contributed by atoms with van der Waals surface area (Å²) in [6.07, 6.45) is 0.872. The average Bonchev–Trinajstić information content (AvgIpc) is 2.72. The van der Waals surface area contributed by atoms with Crippen molar-refractivity contribution in [3.8, 4) is 22.3 Å². The van der Waals surface area contributed by atoms with Gasteiger partial charge in [0.2, 0.25) is 0 Å². The van der Waals surface area contributed by atoms with Crippen molar-refractivity contribution in [2.75, 3.05) is 0 Å². The Hall–Kier alpha value is -2.32. The highest BCUT2D eigenvalue weighted by Crippen LogP contribution is 2.45. The van der Waals surface area contributed by atoms with Gasteiger partial charge < -0.3 is 0 Å². The Kier molecular flexibility index (Phi) is 7.11. The molecule has 3 aromatic carbocycles. The maximum Gasteiger partial charge on any atom is 0.197 e. The monoisotopic (exact) mass is 430 g/mol. The summed E-state index contributed by atoms with van der Waals surface area (Å²) in [4.78, 5) is 14.8. The van der Waals surface area contributed by atoms with E-state index < -0.39 is 0 Å². The van der Waals surface area contributed by atoms with Crippen molar-refractivity contribution in [3.05, 3.63) is 78.9 Å². The van der Waals surface area contributed by atoms with Gasteiger partial charge in [0.25, 0.3) is 0 Å². The number of hydrogen-bond acceptors (Lipinski definition) is 2. The van der Waals surface area contributed by atoms with E-state index in [1.165, 1.54) is 11.8 Å². The van der Waals surface area contributed by atoms with Gasteiger partial charge >= 0.3 is 0 Å². The molecule has 0 aliphatic heterocycles. The van der Waals surface area contributed by atoms with Crippen LogP contribution >= 0.6 is 11.8 Å². The van der Waals surface area contributed by atoms with Gasteiger partial charge in [-0.15, -0.1) is 0 Å². The molecule has 0 N–H and O–H groups in total. The third kappa shape index (κ3) is 6.11. The molecule has 0 spiro atoms. The zero-order valence-electron chi connectivity index (χ0n) is 19.6. The number of carbonyl (C=O) groups excluding carboxylic acids is 1. The molecule has 3 rings (SSSR count). The number of hydrogen-bond donors (Lipinski definition) is 0. The second-order valence-corrected chi connectivity index (χ2v) is 11.5. The lowest BCUT2D eigenvalue weighted by molar-refractivity contribution is -0.118. The van der Waals surface area contributed by atoms with Gasteiger partial charge in [0.05, 0.1) is 0 Å². The molecule has 2 heteroatoms. The molecule has 0 aromatic heterocycles. The highest BCUT2D eigenvalue weighted by atomic mass is 32.2. The molecule has 0 radical (unpaired) electrons. The lowest BCUT2D eigenvalue weighted by atomic mass is 9.73. The number of benzene rings is 3. The Labute approximate surface area is 192 Å². The van der Waals surface area contributed by atoms with Crippen molar-refractivity contribution >= 4 is 16.9 Å². The van der Waals surface area contributed by atoms with E-state index in [0.29, 0.717) is 0 Å². The van der Waals surface area contributed by atoms with Gasteiger partial charge in [-0.05, 0) is 39.5 Å². The number of rotatable bonds is 5. The van der Waals surface area contributed by atoms with Crippen LogP contribution in [0, 0.1) is 16.7 Å². The van der Waals surface area contributed by atoms with Crippen LogP contribution in [0.15, 0.2) is 83.8 Å². The van der Waals surface area contributed by atoms with Crippen LogP contribution in [-0.2, 0) is 4.79 Å². The first kappa shape index (κ1) is 23.3. The highest BCUT2D eigenvalue weighted by molar-refractivity contribution is 8.13. The zero-order chi connectivity index (χ0) is 22.6. The molecule has 31 heavy (non-hydrogen) atoms. The first-order valence-electron chi connectivity index (χ1n) is 11.0. The van der Waals surface area contributed by atoms with Crippen LogP contribution in [0.5, 0.6) is 0 Å². The summed E-state index contributed by atoms with van der Waals surface area (Å²) in [6, 6.07) is 27.1. The summed E-state index contributed by atoms with van der Waals surface area (Å²) in [5.41, 5.74) is 4.51. The largest absolute Gasteiger partial charge is 0.287 e. The highest BCUT2D eigenvalue weighted by Gasteiger charge is 2.35. The minimum absolute atomic E-state index is 0.0232. The third-order valence-corrected chi connectivity index (χ3v) is 6.66. The van der Waals surface area contributed by atoms with E-state index in [9.17, 15) is 4.79 Å². The zero-order valence-corrected chi connectivity index (χ0v) is 20.4. The summed E-state index contributed by atoms with van der Waals surface area (Å²) in [6.45, 7) is 13.2. The molecule has 0 bridgehead atoms. The summed E-state index contributed by atoms with van der Waals surface area (Å²) >= 11 is 1.42. The van der Waals surface area contributed by atoms with Crippen LogP contribution in [0.3, 0.4) is 0 Å². The second-order valence-electron chi connectivity index (χ2n) is 10.5. The maximum absolute atomic E-state index is 13.8. The molecule has 0 fully saturated rings. The van der Waals surface area contributed by atoms with E-state index in [1.807, 2.05) is 12.1 Å². The van der Waals surface area contributed by atoms with E-state index in [1.54, 1.807) is 0 Å². The minimum atomic E-state index is -0.0913. The molecule has 0 saturated carbocycles. The first-order chi connectivity index (χ1) is 14.6. The van der Waals surface area contributed by atoms with Crippen molar-refractivity contribution in [2.45, 2.75) is 52.9 Å². The van der Waals surface area contributed by atoms with E-state index >= 15 is 0 Å². The van der Waals surface area contributed by atoms with Gasteiger partial charge in [0.15, 0.2) is 5.12 Å². The maximum atomic E-state index is 13.8. The molecule has 0 aliphatic rings.